The summed E-state index contributed by atoms with van der Waals surface area (Å²) >= 11 is 0. The molecule has 0 aliphatic heterocycles. The van der Waals surface area contributed by atoms with Crippen molar-refractivity contribution in [1.82, 2.24) is 4.57 Å². The molecule has 1 aromatic heterocycles. The Morgan fingerprint density at radius 1 is 0.766 bits per heavy atom. The number of nitrogens with zero attached hydrogens (tertiary/aromatic N) is 3. The molecule has 0 saturated carbocycles. The Labute approximate surface area is 280 Å². The molecule has 7 heteroatoms. The van der Waals surface area contributed by atoms with Crippen LogP contribution >= 0.6 is 0 Å². The maximum absolute atomic E-state index is 13.8. The zero-order chi connectivity index (χ0) is 33.9. The van der Waals surface area contributed by atoms with E-state index >= 15 is 0 Å². The third kappa shape index (κ3) is 8.56. The number of ketones is 2. The maximum atomic E-state index is 13.8. The summed E-state index contributed by atoms with van der Waals surface area (Å²) in [6.45, 7) is 14.8. The summed E-state index contributed by atoms with van der Waals surface area (Å²) in [5.74, 6) is -0.327. The van der Waals surface area contributed by atoms with Gasteiger partial charge in [0.15, 0.2) is 5.78 Å². The number of carbonyl (C=O) groups excluding carboxylic acids is 3. The van der Waals surface area contributed by atoms with Gasteiger partial charge in [0.1, 0.15) is 5.71 Å². The SMILES string of the molecule is CCCCC/C(=N\OC(C)=O)C(=O)c1ccc2c(c1)c1cc(C(=O)c3ccc(N(CC)CC)cc3)ccc1n2CC(CC)CCCC. The average Bonchev–Trinajstić information content (AvgIpc) is 3.39. The summed E-state index contributed by atoms with van der Waals surface area (Å²) in [5, 5.41) is 5.82. The first kappa shape index (κ1) is 35.6. The molecule has 1 atom stereocenters. The van der Waals surface area contributed by atoms with Crippen molar-refractivity contribution in [2.24, 2.45) is 11.1 Å². The van der Waals surface area contributed by atoms with E-state index in [0.717, 1.165) is 85.7 Å². The number of benzene rings is 3. The summed E-state index contributed by atoms with van der Waals surface area (Å²) in [6, 6.07) is 19.6. The Hall–Kier alpha value is -4.26. The van der Waals surface area contributed by atoms with E-state index in [0.29, 0.717) is 29.0 Å². The fourth-order valence-electron chi connectivity index (χ4n) is 6.37. The lowest BCUT2D eigenvalue weighted by molar-refractivity contribution is -0.140. The smallest absolute Gasteiger partial charge is 0.331 e. The Morgan fingerprint density at radius 2 is 1.36 bits per heavy atom. The largest absolute Gasteiger partial charge is 0.372 e. The second-order valence-corrected chi connectivity index (χ2v) is 12.4. The van der Waals surface area contributed by atoms with E-state index in [-0.39, 0.29) is 17.3 Å². The van der Waals surface area contributed by atoms with Crippen LogP contribution in [0.5, 0.6) is 0 Å². The zero-order valence-corrected chi connectivity index (χ0v) is 29.1. The second-order valence-electron chi connectivity index (χ2n) is 12.4. The van der Waals surface area contributed by atoms with Crippen LogP contribution in [0.25, 0.3) is 21.8 Å². The van der Waals surface area contributed by atoms with Crippen LogP contribution in [0.15, 0.2) is 65.8 Å². The highest BCUT2D eigenvalue weighted by Crippen LogP contribution is 2.33. The standard InChI is InChI=1S/C40H51N3O4/c1-7-12-14-16-36(41-47-28(6)44)40(46)32-20-24-38-35(26-32)34-25-31(19-23-37(34)43(38)27-29(9-3)15-13-8-2)39(45)30-17-21-33(22-18-30)42(10-4)11-5/h17-26,29H,7-16,27H2,1-6H3/b41-36+. The van der Waals surface area contributed by atoms with Gasteiger partial charge in [0.2, 0.25) is 5.78 Å². The molecule has 1 heterocycles. The van der Waals surface area contributed by atoms with Crippen LogP contribution in [0.4, 0.5) is 5.69 Å². The van der Waals surface area contributed by atoms with Crippen molar-refractivity contribution in [2.45, 2.75) is 99.5 Å². The third-order valence-corrected chi connectivity index (χ3v) is 9.20. The van der Waals surface area contributed by atoms with Gasteiger partial charge in [0.25, 0.3) is 0 Å². The molecule has 0 N–H and O–H groups in total. The van der Waals surface area contributed by atoms with Gasteiger partial charge >= 0.3 is 5.97 Å². The number of hydrogen-bond donors (Lipinski definition) is 0. The molecule has 0 fully saturated rings. The summed E-state index contributed by atoms with van der Waals surface area (Å²) < 4.78 is 2.35. The Balaban J connectivity index is 1.81. The summed E-state index contributed by atoms with van der Waals surface area (Å²) in [4.78, 5) is 46.3. The van der Waals surface area contributed by atoms with Crippen molar-refractivity contribution >= 4 is 50.7 Å². The Kier molecular flexibility index (Phi) is 12.9. The van der Waals surface area contributed by atoms with Gasteiger partial charge in [-0.25, -0.2) is 4.79 Å². The predicted octanol–water partition coefficient (Wildman–Crippen LogP) is 9.77. The number of anilines is 1. The van der Waals surface area contributed by atoms with Gasteiger partial charge in [0, 0.05) is 70.7 Å². The number of fused-ring (bicyclic) bond motifs is 3. The molecular formula is C40H51N3O4. The van der Waals surface area contributed by atoms with Gasteiger partial charge in [-0.3, -0.25) is 9.59 Å². The molecule has 0 radical (unpaired) electrons. The number of Topliss-reactive ketones (excluding diaryl/α,β-unsaturated/α-hetero) is 1. The lowest BCUT2D eigenvalue weighted by Gasteiger charge is -2.21. The number of hydrogen-bond acceptors (Lipinski definition) is 6. The molecule has 0 spiro atoms. The fraction of sp³-hybridized carbons (Fsp3) is 0.450. The van der Waals surface area contributed by atoms with E-state index in [9.17, 15) is 14.4 Å². The van der Waals surface area contributed by atoms with Crippen LogP contribution in [0.2, 0.25) is 0 Å². The fourth-order valence-corrected chi connectivity index (χ4v) is 6.37. The van der Waals surface area contributed by atoms with Crippen molar-refractivity contribution < 1.29 is 19.2 Å². The highest BCUT2D eigenvalue weighted by Gasteiger charge is 2.21. The molecule has 47 heavy (non-hydrogen) atoms. The summed E-state index contributed by atoms with van der Waals surface area (Å²) in [7, 11) is 0. The number of rotatable bonds is 18. The van der Waals surface area contributed by atoms with Gasteiger partial charge in [-0.05, 0) is 99.7 Å². The molecule has 4 aromatic rings. The van der Waals surface area contributed by atoms with E-state index in [1.165, 1.54) is 13.3 Å². The highest BCUT2D eigenvalue weighted by atomic mass is 16.7. The van der Waals surface area contributed by atoms with Crippen molar-refractivity contribution in [1.29, 1.82) is 0 Å². The molecule has 0 bridgehead atoms. The number of oxime groups is 1. The number of aromatic nitrogens is 1. The van der Waals surface area contributed by atoms with Crippen LogP contribution in [0.3, 0.4) is 0 Å². The second kappa shape index (κ2) is 17.1. The summed E-state index contributed by atoms with van der Waals surface area (Å²) in [5.41, 5.74) is 5.16. The minimum absolute atomic E-state index is 0.0350. The highest BCUT2D eigenvalue weighted by molar-refractivity contribution is 6.46. The molecular weight excluding hydrogens is 586 g/mol. The molecule has 250 valence electrons. The minimum Gasteiger partial charge on any atom is -0.372 e. The van der Waals surface area contributed by atoms with Gasteiger partial charge in [0.05, 0.1) is 0 Å². The maximum Gasteiger partial charge on any atom is 0.331 e. The van der Waals surface area contributed by atoms with Crippen LogP contribution in [0, 0.1) is 5.92 Å². The Bertz CT molecular complexity index is 1710. The Morgan fingerprint density at radius 3 is 1.94 bits per heavy atom. The minimum atomic E-state index is -0.558. The van der Waals surface area contributed by atoms with E-state index in [1.807, 2.05) is 54.6 Å². The lowest BCUT2D eigenvalue weighted by Crippen LogP contribution is -2.21. The summed E-state index contributed by atoms with van der Waals surface area (Å²) in [6.07, 6.45) is 7.73. The molecule has 3 aromatic carbocycles. The molecule has 0 amide bonds. The van der Waals surface area contributed by atoms with Crippen molar-refractivity contribution in [3.05, 3.63) is 77.4 Å². The molecule has 0 aliphatic carbocycles. The average molecular weight is 638 g/mol. The quantitative estimate of drug-likeness (QED) is 0.0357. The van der Waals surface area contributed by atoms with E-state index in [4.69, 9.17) is 4.84 Å². The molecule has 0 saturated heterocycles. The molecule has 7 nitrogen and oxygen atoms in total. The third-order valence-electron chi connectivity index (χ3n) is 9.20. The van der Waals surface area contributed by atoms with Crippen LogP contribution < -0.4 is 4.90 Å². The van der Waals surface area contributed by atoms with Crippen LogP contribution in [-0.2, 0) is 16.2 Å². The van der Waals surface area contributed by atoms with Crippen LogP contribution in [0.1, 0.15) is 119 Å². The monoisotopic (exact) mass is 637 g/mol. The number of carbonyl (C=O) groups is 3. The van der Waals surface area contributed by atoms with Crippen molar-refractivity contribution in [2.75, 3.05) is 18.0 Å². The van der Waals surface area contributed by atoms with E-state index < -0.39 is 5.97 Å². The predicted molar refractivity (Wildman–Crippen MR) is 194 cm³/mol. The normalized spacial score (nSPS) is 12.4. The lowest BCUT2D eigenvalue weighted by atomic mass is 9.98. The van der Waals surface area contributed by atoms with Crippen molar-refractivity contribution in [3.8, 4) is 0 Å². The molecule has 0 aliphatic rings. The van der Waals surface area contributed by atoms with Crippen molar-refractivity contribution in [3.63, 3.8) is 0 Å². The van der Waals surface area contributed by atoms with Gasteiger partial charge in [-0.2, -0.15) is 0 Å². The van der Waals surface area contributed by atoms with Gasteiger partial charge in [-0.15, -0.1) is 0 Å². The first-order valence-electron chi connectivity index (χ1n) is 17.5. The first-order chi connectivity index (χ1) is 22.8. The van der Waals surface area contributed by atoms with Crippen LogP contribution in [-0.4, -0.2) is 40.9 Å². The molecule has 4 rings (SSSR count). The van der Waals surface area contributed by atoms with E-state index in [2.05, 4.69) is 55.3 Å². The topological polar surface area (TPSA) is 81.0 Å². The van der Waals surface area contributed by atoms with Gasteiger partial charge in [-0.1, -0.05) is 58.0 Å². The zero-order valence-electron chi connectivity index (χ0n) is 29.1. The van der Waals surface area contributed by atoms with E-state index in [1.54, 1.807) is 0 Å². The number of unbranched alkanes of at least 4 members (excludes halogenated alkanes) is 3. The molecule has 1 unspecified atom stereocenters. The first-order valence-corrected chi connectivity index (χ1v) is 17.5. The van der Waals surface area contributed by atoms with Gasteiger partial charge < -0.3 is 14.3 Å².